The summed E-state index contributed by atoms with van der Waals surface area (Å²) >= 11 is 1.62. The highest BCUT2D eigenvalue weighted by atomic mass is 32.1. The van der Waals surface area contributed by atoms with Crippen LogP contribution in [-0.4, -0.2) is 22.8 Å². The van der Waals surface area contributed by atoms with Crippen LogP contribution in [0.4, 0.5) is 0 Å². The number of hydrogen-bond donors (Lipinski definition) is 1. The summed E-state index contributed by atoms with van der Waals surface area (Å²) in [7, 11) is 0. The van der Waals surface area contributed by atoms with E-state index in [2.05, 4.69) is 11.4 Å². The second-order valence-corrected chi connectivity index (χ2v) is 9.23. The largest absolute Gasteiger partial charge is 0.467 e. The number of furan rings is 1. The molecule has 0 saturated heterocycles. The van der Waals surface area contributed by atoms with Crippen molar-refractivity contribution in [3.05, 3.63) is 80.9 Å². The lowest BCUT2D eigenvalue weighted by atomic mass is 10.1. The number of carbonyl (C=O) groups excluding carboxylic acids is 2. The number of thiophene rings is 1. The van der Waals surface area contributed by atoms with E-state index < -0.39 is 0 Å². The van der Waals surface area contributed by atoms with Gasteiger partial charge in [0.05, 0.1) is 17.7 Å². The van der Waals surface area contributed by atoms with Crippen molar-refractivity contribution in [2.75, 3.05) is 0 Å². The molecule has 2 aliphatic rings. The van der Waals surface area contributed by atoms with Gasteiger partial charge in [0.15, 0.2) is 0 Å². The molecule has 1 saturated carbocycles. The van der Waals surface area contributed by atoms with Crippen LogP contribution in [0.1, 0.15) is 61.1 Å². The van der Waals surface area contributed by atoms with Gasteiger partial charge < -0.3 is 14.6 Å². The number of amides is 2. The zero-order valence-corrected chi connectivity index (χ0v) is 17.5. The van der Waals surface area contributed by atoms with Gasteiger partial charge in [0.25, 0.3) is 11.8 Å². The maximum Gasteiger partial charge on any atom is 0.264 e. The van der Waals surface area contributed by atoms with Crippen molar-refractivity contribution in [3.8, 4) is 0 Å². The molecule has 2 heterocycles. The van der Waals surface area contributed by atoms with E-state index in [0.717, 1.165) is 41.9 Å². The Morgan fingerprint density at radius 3 is 2.63 bits per heavy atom. The van der Waals surface area contributed by atoms with Gasteiger partial charge in [-0.3, -0.25) is 9.59 Å². The lowest BCUT2D eigenvalue weighted by molar-refractivity contribution is 0.0722. The van der Waals surface area contributed by atoms with E-state index in [-0.39, 0.29) is 11.8 Å². The Bertz CT molecular complexity index is 1030. The second kappa shape index (κ2) is 8.11. The molecule has 0 radical (unpaired) electrons. The first-order chi connectivity index (χ1) is 14.7. The minimum atomic E-state index is -0.0272. The molecule has 5 rings (SSSR count). The summed E-state index contributed by atoms with van der Waals surface area (Å²) in [5.74, 6) is 0.759. The first-order valence-corrected chi connectivity index (χ1v) is 11.3. The van der Waals surface area contributed by atoms with Crippen LogP contribution < -0.4 is 5.32 Å². The van der Waals surface area contributed by atoms with Gasteiger partial charge in [0, 0.05) is 23.0 Å². The number of fused-ring (bicyclic) bond motifs is 1. The molecule has 0 atom stereocenters. The van der Waals surface area contributed by atoms with Gasteiger partial charge in [-0.05, 0) is 73.6 Å². The Hall–Kier alpha value is -2.86. The average molecular weight is 421 g/mol. The molecular formula is C24H24N2O3S. The summed E-state index contributed by atoms with van der Waals surface area (Å²) in [6.07, 6.45) is 7.11. The molecule has 1 N–H and O–H groups in total. The summed E-state index contributed by atoms with van der Waals surface area (Å²) < 4.78 is 5.50. The van der Waals surface area contributed by atoms with E-state index in [1.165, 1.54) is 16.9 Å². The van der Waals surface area contributed by atoms with Crippen molar-refractivity contribution in [3.63, 3.8) is 0 Å². The molecule has 0 bridgehead atoms. The Morgan fingerprint density at radius 2 is 1.93 bits per heavy atom. The summed E-state index contributed by atoms with van der Waals surface area (Å²) in [4.78, 5) is 29.5. The lowest BCUT2D eigenvalue weighted by Crippen LogP contribution is -2.29. The molecule has 6 heteroatoms. The molecular weight excluding hydrogens is 396 g/mol. The van der Waals surface area contributed by atoms with Crippen LogP contribution in [0.25, 0.3) is 0 Å². The minimum Gasteiger partial charge on any atom is -0.467 e. The van der Waals surface area contributed by atoms with Crippen molar-refractivity contribution in [2.45, 2.75) is 51.2 Å². The Kier molecular flexibility index (Phi) is 5.17. The van der Waals surface area contributed by atoms with E-state index in [9.17, 15) is 9.59 Å². The monoisotopic (exact) mass is 420 g/mol. The number of nitrogens with zero attached hydrogens (tertiary/aromatic N) is 1. The van der Waals surface area contributed by atoms with Crippen LogP contribution in [0.3, 0.4) is 0 Å². The summed E-state index contributed by atoms with van der Waals surface area (Å²) in [5.41, 5.74) is 2.97. The SMILES string of the molecule is O=C(NC1CC1)c1ccc(CN(Cc2ccco2)C(=O)c2cc3c(s2)CCC3)cc1. The van der Waals surface area contributed by atoms with E-state index in [0.29, 0.717) is 24.7 Å². The van der Waals surface area contributed by atoms with Gasteiger partial charge in [0.2, 0.25) is 0 Å². The first-order valence-electron chi connectivity index (χ1n) is 10.5. The molecule has 0 unspecified atom stereocenters. The van der Waals surface area contributed by atoms with Gasteiger partial charge in [-0.2, -0.15) is 0 Å². The number of nitrogens with one attached hydrogen (secondary N) is 1. The van der Waals surface area contributed by atoms with Crippen LogP contribution in [0, 0.1) is 0 Å². The summed E-state index contributed by atoms with van der Waals surface area (Å²) in [6, 6.07) is 13.7. The molecule has 3 aromatic rings. The summed E-state index contributed by atoms with van der Waals surface area (Å²) in [6.45, 7) is 0.880. The maximum absolute atomic E-state index is 13.3. The summed E-state index contributed by atoms with van der Waals surface area (Å²) in [5, 5.41) is 3.00. The highest BCUT2D eigenvalue weighted by Crippen LogP contribution is 2.32. The average Bonchev–Trinajstić information content (AvgIpc) is 3.12. The Labute approximate surface area is 179 Å². The van der Waals surface area contributed by atoms with Crippen molar-refractivity contribution in [1.82, 2.24) is 10.2 Å². The van der Waals surface area contributed by atoms with Gasteiger partial charge in [-0.1, -0.05) is 12.1 Å². The third-order valence-electron chi connectivity index (χ3n) is 5.67. The molecule has 1 fully saturated rings. The van der Waals surface area contributed by atoms with Gasteiger partial charge >= 0.3 is 0 Å². The molecule has 1 aromatic carbocycles. The molecule has 5 nitrogen and oxygen atoms in total. The highest BCUT2D eigenvalue weighted by Gasteiger charge is 2.25. The normalized spacial score (nSPS) is 15.1. The predicted octanol–water partition coefficient (Wildman–Crippen LogP) is 4.56. The van der Waals surface area contributed by atoms with Crippen molar-refractivity contribution >= 4 is 23.2 Å². The predicted molar refractivity (Wildman–Crippen MR) is 116 cm³/mol. The molecule has 0 aliphatic heterocycles. The second-order valence-electron chi connectivity index (χ2n) is 8.10. The fraction of sp³-hybridized carbons (Fsp3) is 0.333. The van der Waals surface area contributed by atoms with Gasteiger partial charge in [-0.25, -0.2) is 0 Å². The van der Waals surface area contributed by atoms with Crippen LogP contribution in [0.15, 0.2) is 53.1 Å². The minimum absolute atomic E-state index is 0.0272. The van der Waals surface area contributed by atoms with E-state index >= 15 is 0 Å². The fourth-order valence-electron chi connectivity index (χ4n) is 3.86. The number of benzene rings is 1. The number of hydrogen-bond acceptors (Lipinski definition) is 4. The van der Waals surface area contributed by atoms with Crippen molar-refractivity contribution in [1.29, 1.82) is 0 Å². The number of carbonyl (C=O) groups is 2. The maximum atomic E-state index is 13.3. The van der Waals surface area contributed by atoms with Crippen molar-refractivity contribution in [2.24, 2.45) is 0 Å². The Balaban J connectivity index is 1.33. The van der Waals surface area contributed by atoms with Gasteiger partial charge in [-0.15, -0.1) is 11.3 Å². The standard InChI is InChI=1S/C24H24N2O3S/c27-23(25-19-10-11-19)17-8-6-16(7-9-17)14-26(15-20-4-2-12-29-20)24(28)22-13-18-3-1-5-21(18)30-22/h2,4,6-9,12-13,19H,1,3,5,10-11,14-15H2,(H,25,27). The molecule has 30 heavy (non-hydrogen) atoms. The topological polar surface area (TPSA) is 62.6 Å². The lowest BCUT2D eigenvalue weighted by Gasteiger charge is -2.21. The Morgan fingerprint density at radius 1 is 1.10 bits per heavy atom. The number of aryl methyl sites for hydroxylation is 2. The van der Waals surface area contributed by atoms with Crippen molar-refractivity contribution < 1.29 is 14.0 Å². The number of rotatable bonds is 7. The fourth-order valence-corrected chi connectivity index (χ4v) is 5.08. The third-order valence-corrected chi connectivity index (χ3v) is 6.90. The third kappa shape index (κ3) is 4.19. The highest BCUT2D eigenvalue weighted by molar-refractivity contribution is 7.14. The first kappa shape index (κ1) is 19.1. The van der Waals surface area contributed by atoms with Crippen LogP contribution in [0.5, 0.6) is 0 Å². The molecule has 2 amide bonds. The molecule has 0 spiro atoms. The van der Waals surface area contributed by atoms with Crippen LogP contribution in [-0.2, 0) is 25.9 Å². The smallest absolute Gasteiger partial charge is 0.264 e. The molecule has 154 valence electrons. The van der Waals surface area contributed by atoms with Crippen LogP contribution in [0.2, 0.25) is 0 Å². The molecule has 2 aliphatic carbocycles. The van der Waals surface area contributed by atoms with E-state index in [1.807, 2.05) is 41.3 Å². The zero-order chi connectivity index (χ0) is 20.5. The molecule has 2 aromatic heterocycles. The van der Waals surface area contributed by atoms with Gasteiger partial charge in [0.1, 0.15) is 5.76 Å². The quantitative estimate of drug-likeness (QED) is 0.609. The van der Waals surface area contributed by atoms with E-state index in [1.54, 1.807) is 17.6 Å². The zero-order valence-electron chi connectivity index (χ0n) is 16.7. The van der Waals surface area contributed by atoms with Crippen LogP contribution >= 0.6 is 11.3 Å². The van der Waals surface area contributed by atoms with E-state index in [4.69, 9.17) is 4.42 Å².